The van der Waals surface area contributed by atoms with Crippen molar-refractivity contribution in [1.29, 1.82) is 0 Å². The number of aryl methyl sites for hydroxylation is 1. The zero-order valence-electron chi connectivity index (χ0n) is 11.2. The van der Waals surface area contributed by atoms with Crippen LogP contribution in [-0.4, -0.2) is 22.9 Å². The third-order valence-electron chi connectivity index (χ3n) is 3.52. The van der Waals surface area contributed by atoms with Gasteiger partial charge in [0, 0.05) is 31.3 Å². The van der Waals surface area contributed by atoms with Crippen molar-refractivity contribution >= 4 is 0 Å². The average molecular weight is 257 g/mol. The lowest BCUT2D eigenvalue weighted by Crippen LogP contribution is -2.28. The van der Waals surface area contributed by atoms with E-state index in [-0.39, 0.29) is 0 Å². The van der Waals surface area contributed by atoms with Gasteiger partial charge in [0.05, 0.1) is 12.8 Å². The van der Waals surface area contributed by atoms with Gasteiger partial charge in [0.25, 0.3) is 0 Å². The predicted octanol–water partition coefficient (Wildman–Crippen LogP) is 2.08. The van der Waals surface area contributed by atoms with Crippen LogP contribution in [0.15, 0.2) is 36.7 Å². The van der Waals surface area contributed by atoms with Crippen LogP contribution in [0.2, 0.25) is 0 Å². The van der Waals surface area contributed by atoms with Crippen LogP contribution in [-0.2, 0) is 13.5 Å². The zero-order valence-corrected chi connectivity index (χ0v) is 11.2. The van der Waals surface area contributed by atoms with Crippen LogP contribution < -0.4 is 10.1 Å². The number of nitrogens with one attached hydrogen (secondary N) is 1. The largest absolute Gasteiger partial charge is 0.493 e. The molecule has 0 fully saturated rings. The summed E-state index contributed by atoms with van der Waals surface area (Å²) in [6.45, 7) is 1.76. The van der Waals surface area contributed by atoms with E-state index in [4.69, 9.17) is 4.74 Å². The molecule has 4 nitrogen and oxygen atoms in total. The molecular weight excluding hydrogens is 238 g/mol. The third kappa shape index (κ3) is 2.79. The fourth-order valence-corrected chi connectivity index (χ4v) is 2.55. The van der Waals surface area contributed by atoms with Gasteiger partial charge in [0.15, 0.2) is 0 Å². The number of hydrogen-bond acceptors (Lipinski definition) is 3. The van der Waals surface area contributed by atoms with Crippen molar-refractivity contribution in [1.82, 2.24) is 15.1 Å². The van der Waals surface area contributed by atoms with E-state index >= 15 is 0 Å². The molecule has 1 aliphatic heterocycles. The summed E-state index contributed by atoms with van der Waals surface area (Å²) in [6.07, 6.45) is 6.04. The minimum atomic E-state index is 0.404. The summed E-state index contributed by atoms with van der Waals surface area (Å²) in [5.74, 6) is 1.02. The molecule has 19 heavy (non-hydrogen) atoms. The molecule has 0 aliphatic carbocycles. The highest BCUT2D eigenvalue weighted by Crippen LogP contribution is 2.31. The van der Waals surface area contributed by atoms with Gasteiger partial charge in [-0.25, -0.2) is 0 Å². The molecule has 0 amide bonds. The molecule has 1 aliphatic rings. The molecule has 100 valence electrons. The topological polar surface area (TPSA) is 39.1 Å². The third-order valence-corrected chi connectivity index (χ3v) is 3.52. The Hall–Kier alpha value is -1.81. The first-order valence-corrected chi connectivity index (χ1v) is 6.75. The summed E-state index contributed by atoms with van der Waals surface area (Å²) >= 11 is 0. The van der Waals surface area contributed by atoms with Crippen molar-refractivity contribution in [3.8, 4) is 5.75 Å². The molecule has 1 atom stereocenters. The highest BCUT2D eigenvalue weighted by Gasteiger charge is 2.19. The van der Waals surface area contributed by atoms with Gasteiger partial charge >= 0.3 is 0 Å². The van der Waals surface area contributed by atoms with Crippen LogP contribution in [0.4, 0.5) is 0 Å². The standard InChI is InChI=1S/C15H19N3O/c1-18-11-12(10-17-18)6-8-16-14-7-9-19-15-5-3-2-4-13(14)15/h2-5,10-11,14,16H,6-9H2,1H3. The number of para-hydroxylation sites is 1. The van der Waals surface area contributed by atoms with E-state index in [2.05, 4.69) is 28.7 Å². The molecule has 4 heteroatoms. The van der Waals surface area contributed by atoms with E-state index < -0.39 is 0 Å². The Bertz CT molecular complexity index is 550. The lowest BCUT2D eigenvalue weighted by Gasteiger charge is -2.26. The summed E-state index contributed by atoms with van der Waals surface area (Å²) in [6, 6.07) is 8.70. The van der Waals surface area contributed by atoms with Gasteiger partial charge in [-0.05, 0) is 24.6 Å². The number of nitrogens with zero attached hydrogens (tertiary/aromatic N) is 2. The molecule has 1 N–H and O–H groups in total. The molecule has 1 unspecified atom stereocenters. The number of benzene rings is 1. The molecule has 1 aromatic heterocycles. The molecule has 0 spiro atoms. The average Bonchev–Trinajstić information content (AvgIpc) is 2.85. The second-order valence-corrected chi connectivity index (χ2v) is 4.95. The van der Waals surface area contributed by atoms with Gasteiger partial charge in [-0.1, -0.05) is 18.2 Å². The fourth-order valence-electron chi connectivity index (χ4n) is 2.55. The minimum absolute atomic E-state index is 0.404. The molecule has 0 bridgehead atoms. The summed E-state index contributed by atoms with van der Waals surface area (Å²) in [7, 11) is 1.95. The van der Waals surface area contributed by atoms with Crippen LogP contribution in [0, 0.1) is 0 Å². The van der Waals surface area contributed by atoms with Gasteiger partial charge in [0.1, 0.15) is 5.75 Å². The first-order valence-electron chi connectivity index (χ1n) is 6.75. The van der Waals surface area contributed by atoms with Gasteiger partial charge in [-0.15, -0.1) is 0 Å². The van der Waals surface area contributed by atoms with E-state index in [1.807, 2.05) is 30.1 Å². The quantitative estimate of drug-likeness (QED) is 0.911. The first kappa shape index (κ1) is 12.2. The van der Waals surface area contributed by atoms with E-state index in [9.17, 15) is 0 Å². The Morgan fingerprint density at radius 1 is 1.42 bits per heavy atom. The second kappa shape index (κ2) is 5.45. The summed E-state index contributed by atoms with van der Waals surface area (Å²) in [5, 5.41) is 7.81. The Kier molecular flexibility index (Phi) is 3.51. The molecule has 2 heterocycles. The van der Waals surface area contributed by atoms with Crippen molar-refractivity contribution in [2.75, 3.05) is 13.2 Å². The molecule has 1 aromatic carbocycles. The number of fused-ring (bicyclic) bond motifs is 1. The zero-order chi connectivity index (χ0) is 13.1. The van der Waals surface area contributed by atoms with Crippen molar-refractivity contribution in [3.05, 3.63) is 47.8 Å². The highest BCUT2D eigenvalue weighted by molar-refractivity contribution is 5.37. The van der Waals surface area contributed by atoms with Crippen LogP contribution >= 0.6 is 0 Å². The summed E-state index contributed by atoms with van der Waals surface area (Å²) in [4.78, 5) is 0. The van der Waals surface area contributed by atoms with Crippen molar-refractivity contribution in [2.45, 2.75) is 18.9 Å². The van der Waals surface area contributed by atoms with E-state index in [0.29, 0.717) is 6.04 Å². The van der Waals surface area contributed by atoms with Crippen molar-refractivity contribution < 1.29 is 4.74 Å². The number of rotatable bonds is 4. The van der Waals surface area contributed by atoms with Crippen molar-refractivity contribution in [2.24, 2.45) is 7.05 Å². The molecule has 0 saturated heterocycles. The van der Waals surface area contributed by atoms with Gasteiger partial charge in [0.2, 0.25) is 0 Å². The SMILES string of the molecule is Cn1cc(CCNC2CCOc3ccccc32)cn1. The van der Waals surface area contributed by atoms with Crippen LogP contribution in [0.5, 0.6) is 5.75 Å². The Balaban J connectivity index is 1.59. The predicted molar refractivity (Wildman–Crippen MR) is 74.2 cm³/mol. The van der Waals surface area contributed by atoms with E-state index in [1.165, 1.54) is 11.1 Å². The van der Waals surface area contributed by atoms with Gasteiger partial charge < -0.3 is 10.1 Å². The van der Waals surface area contributed by atoms with Gasteiger partial charge in [-0.2, -0.15) is 5.10 Å². The van der Waals surface area contributed by atoms with E-state index in [1.54, 1.807) is 0 Å². The molecule has 0 saturated carbocycles. The first-order chi connectivity index (χ1) is 9.33. The van der Waals surface area contributed by atoms with Gasteiger partial charge in [-0.3, -0.25) is 4.68 Å². The number of ether oxygens (including phenoxy) is 1. The second-order valence-electron chi connectivity index (χ2n) is 4.95. The lowest BCUT2D eigenvalue weighted by atomic mass is 10.0. The lowest BCUT2D eigenvalue weighted by molar-refractivity contribution is 0.253. The van der Waals surface area contributed by atoms with Crippen LogP contribution in [0.3, 0.4) is 0 Å². The van der Waals surface area contributed by atoms with Crippen LogP contribution in [0.25, 0.3) is 0 Å². The molecule has 3 rings (SSSR count). The highest BCUT2D eigenvalue weighted by atomic mass is 16.5. The summed E-state index contributed by atoms with van der Waals surface area (Å²) < 4.78 is 7.51. The maximum absolute atomic E-state index is 5.67. The van der Waals surface area contributed by atoms with Crippen LogP contribution in [0.1, 0.15) is 23.6 Å². The fraction of sp³-hybridized carbons (Fsp3) is 0.400. The number of hydrogen-bond donors (Lipinski definition) is 1. The maximum atomic E-state index is 5.67. The van der Waals surface area contributed by atoms with Crippen molar-refractivity contribution in [3.63, 3.8) is 0 Å². The maximum Gasteiger partial charge on any atom is 0.124 e. The molecule has 2 aromatic rings. The summed E-state index contributed by atoms with van der Waals surface area (Å²) in [5.41, 5.74) is 2.55. The smallest absolute Gasteiger partial charge is 0.124 e. The molecular formula is C15H19N3O. The Morgan fingerprint density at radius 2 is 2.32 bits per heavy atom. The Labute approximate surface area is 113 Å². The Morgan fingerprint density at radius 3 is 3.16 bits per heavy atom. The minimum Gasteiger partial charge on any atom is -0.493 e. The monoisotopic (exact) mass is 257 g/mol. The number of aromatic nitrogens is 2. The van der Waals surface area contributed by atoms with E-state index in [0.717, 1.165) is 31.7 Å². The molecule has 0 radical (unpaired) electrons. The normalized spacial score (nSPS) is 17.8.